The quantitative estimate of drug-likeness (QED) is 0.415. The second kappa shape index (κ2) is 9.23. The number of hydrogen-bond acceptors (Lipinski definition) is 6. The number of benzene rings is 2. The maximum atomic E-state index is 11.9. The lowest BCUT2D eigenvalue weighted by Gasteiger charge is -2.07. The highest BCUT2D eigenvalue weighted by Crippen LogP contribution is 2.22. The molecule has 0 spiro atoms. The van der Waals surface area contributed by atoms with Crippen molar-refractivity contribution >= 4 is 34.5 Å². The van der Waals surface area contributed by atoms with Crippen molar-refractivity contribution in [2.75, 3.05) is 18.1 Å². The molecule has 0 aliphatic heterocycles. The van der Waals surface area contributed by atoms with E-state index in [9.17, 15) is 9.59 Å². The number of nitrogens with one attached hydrogen (secondary N) is 2. The Bertz CT molecular complexity index is 982. The Balaban J connectivity index is 1.62. The van der Waals surface area contributed by atoms with Crippen molar-refractivity contribution < 1.29 is 9.59 Å². The highest BCUT2D eigenvalue weighted by atomic mass is 32.2. The van der Waals surface area contributed by atoms with Gasteiger partial charge in [-0.1, -0.05) is 61.2 Å². The Morgan fingerprint density at radius 3 is 2.75 bits per heavy atom. The number of rotatable bonds is 7. The number of thioether (sulfide) groups is 1. The fourth-order valence-electron chi connectivity index (χ4n) is 2.72. The SMILES string of the molecule is CCCNC(=O)NC(=O)CSc1nnc(Cc2cccc3ccccc23)n1N. The van der Waals surface area contributed by atoms with E-state index in [1.807, 2.05) is 31.2 Å². The van der Waals surface area contributed by atoms with Gasteiger partial charge in [0.25, 0.3) is 0 Å². The van der Waals surface area contributed by atoms with Crippen LogP contribution in [0.4, 0.5) is 4.79 Å². The van der Waals surface area contributed by atoms with E-state index in [2.05, 4.69) is 39.0 Å². The molecule has 0 aliphatic carbocycles. The zero-order valence-electron chi connectivity index (χ0n) is 15.5. The predicted octanol–water partition coefficient (Wildman–Crippen LogP) is 2.06. The van der Waals surface area contributed by atoms with Crippen molar-refractivity contribution in [1.29, 1.82) is 0 Å². The molecule has 8 nitrogen and oxygen atoms in total. The number of hydrogen-bond donors (Lipinski definition) is 3. The van der Waals surface area contributed by atoms with Crippen molar-refractivity contribution in [3.8, 4) is 0 Å². The molecule has 1 aromatic heterocycles. The molecule has 0 radical (unpaired) electrons. The molecule has 3 amide bonds. The molecule has 28 heavy (non-hydrogen) atoms. The topological polar surface area (TPSA) is 115 Å². The molecule has 3 rings (SSSR count). The van der Waals surface area contributed by atoms with Gasteiger partial charge in [-0.3, -0.25) is 10.1 Å². The van der Waals surface area contributed by atoms with Crippen LogP contribution in [0.3, 0.4) is 0 Å². The normalized spacial score (nSPS) is 10.8. The molecule has 0 atom stereocenters. The maximum absolute atomic E-state index is 11.9. The predicted molar refractivity (Wildman–Crippen MR) is 109 cm³/mol. The molecule has 146 valence electrons. The van der Waals surface area contributed by atoms with E-state index in [0.29, 0.717) is 23.9 Å². The van der Waals surface area contributed by atoms with Gasteiger partial charge in [0.05, 0.1) is 5.75 Å². The van der Waals surface area contributed by atoms with Crippen LogP contribution >= 0.6 is 11.8 Å². The zero-order chi connectivity index (χ0) is 19.9. The summed E-state index contributed by atoms with van der Waals surface area (Å²) >= 11 is 1.13. The number of nitrogen functional groups attached to an aromatic ring is 1. The average Bonchev–Trinajstić information content (AvgIpc) is 3.04. The zero-order valence-corrected chi connectivity index (χ0v) is 16.3. The first-order valence-corrected chi connectivity index (χ1v) is 9.93. The van der Waals surface area contributed by atoms with Gasteiger partial charge in [0.2, 0.25) is 11.1 Å². The van der Waals surface area contributed by atoms with Gasteiger partial charge in [0.1, 0.15) is 0 Å². The second-order valence-electron chi connectivity index (χ2n) is 6.18. The Hall–Kier alpha value is -3.07. The average molecular weight is 398 g/mol. The monoisotopic (exact) mass is 398 g/mol. The standard InChI is InChI=1S/C19H22N6O2S/c1-2-10-21-18(27)22-17(26)12-28-19-24-23-16(25(19)20)11-14-8-5-7-13-6-3-4-9-15(13)14/h3-9H,2,10-12,20H2,1H3,(H2,21,22,26,27). The molecule has 0 fully saturated rings. The van der Waals surface area contributed by atoms with E-state index in [0.717, 1.165) is 34.5 Å². The smallest absolute Gasteiger partial charge is 0.321 e. The summed E-state index contributed by atoms with van der Waals surface area (Å²) in [6.45, 7) is 2.45. The number of amides is 3. The lowest BCUT2D eigenvalue weighted by atomic mass is 10.0. The van der Waals surface area contributed by atoms with Gasteiger partial charge in [0.15, 0.2) is 5.82 Å². The van der Waals surface area contributed by atoms with E-state index in [1.165, 1.54) is 4.68 Å². The highest BCUT2D eigenvalue weighted by molar-refractivity contribution is 7.99. The van der Waals surface area contributed by atoms with E-state index in [4.69, 9.17) is 5.84 Å². The summed E-state index contributed by atoms with van der Waals surface area (Å²) in [6, 6.07) is 13.7. The summed E-state index contributed by atoms with van der Waals surface area (Å²) in [5, 5.41) is 15.8. The molecule has 2 aromatic carbocycles. The summed E-state index contributed by atoms with van der Waals surface area (Å²) in [5.41, 5.74) is 1.10. The number of carbonyl (C=O) groups is 2. The van der Waals surface area contributed by atoms with E-state index in [-0.39, 0.29) is 5.75 Å². The van der Waals surface area contributed by atoms with Crippen molar-refractivity contribution in [3.63, 3.8) is 0 Å². The largest absolute Gasteiger partial charge is 0.338 e. The van der Waals surface area contributed by atoms with Crippen LogP contribution in [0, 0.1) is 0 Å². The van der Waals surface area contributed by atoms with Gasteiger partial charge >= 0.3 is 6.03 Å². The molecule has 9 heteroatoms. The Morgan fingerprint density at radius 2 is 1.93 bits per heavy atom. The lowest BCUT2D eigenvalue weighted by Crippen LogP contribution is -2.40. The van der Waals surface area contributed by atoms with Crippen LogP contribution in [0.1, 0.15) is 24.7 Å². The van der Waals surface area contributed by atoms with E-state index in [1.54, 1.807) is 0 Å². The van der Waals surface area contributed by atoms with Gasteiger partial charge in [-0.05, 0) is 22.8 Å². The minimum absolute atomic E-state index is 0.0170. The summed E-state index contributed by atoms with van der Waals surface area (Å²) in [6.07, 6.45) is 1.32. The second-order valence-corrected chi connectivity index (χ2v) is 7.12. The molecular formula is C19H22N6O2S. The summed E-state index contributed by atoms with van der Waals surface area (Å²) in [4.78, 5) is 23.3. The number of nitrogens with two attached hydrogens (primary N) is 1. The number of fused-ring (bicyclic) bond motifs is 1. The van der Waals surface area contributed by atoms with Crippen LogP contribution in [-0.2, 0) is 11.2 Å². The van der Waals surface area contributed by atoms with Crippen LogP contribution in [0.5, 0.6) is 0 Å². The number of carbonyl (C=O) groups excluding carboxylic acids is 2. The molecule has 0 saturated heterocycles. The summed E-state index contributed by atoms with van der Waals surface area (Å²) in [5.74, 6) is 6.30. The van der Waals surface area contributed by atoms with Crippen molar-refractivity contribution in [2.45, 2.75) is 24.9 Å². The lowest BCUT2D eigenvalue weighted by molar-refractivity contribution is -0.117. The molecule has 3 aromatic rings. The minimum Gasteiger partial charge on any atom is -0.338 e. The first-order valence-electron chi connectivity index (χ1n) is 8.95. The van der Waals surface area contributed by atoms with Crippen molar-refractivity contribution in [3.05, 3.63) is 53.9 Å². The molecular weight excluding hydrogens is 376 g/mol. The highest BCUT2D eigenvalue weighted by Gasteiger charge is 2.14. The molecule has 0 bridgehead atoms. The third-order valence-electron chi connectivity index (χ3n) is 4.08. The molecule has 1 heterocycles. The third kappa shape index (κ3) is 4.80. The van der Waals surface area contributed by atoms with E-state index >= 15 is 0 Å². The molecule has 0 saturated carbocycles. The number of nitrogens with zero attached hydrogens (tertiary/aromatic N) is 3. The minimum atomic E-state index is -0.502. The van der Waals surface area contributed by atoms with Gasteiger partial charge in [0, 0.05) is 13.0 Å². The number of imide groups is 1. The van der Waals surface area contributed by atoms with Crippen LogP contribution in [0.2, 0.25) is 0 Å². The van der Waals surface area contributed by atoms with Crippen molar-refractivity contribution in [2.24, 2.45) is 0 Å². The van der Waals surface area contributed by atoms with Crippen LogP contribution in [0.25, 0.3) is 10.8 Å². The first-order chi connectivity index (χ1) is 13.6. The van der Waals surface area contributed by atoms with Gasteiger partial charge in [-0.25, -0.2) is 9.47 Å². The molecule has 4 N–H and O–H groups in total. The summed E-state index contributed by atoms with van der Waals surface area (Å²) < 4.78 is 1.39. The van der Waals surface area contributed by atoms with Gasteiger partial charge in [-0.2, -0.15) is 0 Å². The van der Waals surface area contributed by atoms with Gasteiger partial charge < -0.3 is 11.2 Å². The first kappa shape index (κ1) is 19.7. The fourth-order valence-corrected chi connectivity index (χ4v) is 3.39. The fraction of sp³-hybridized carbons (Fsp3) is 0.263. The number of urea groups is 1. The van der Waals surface area contributed by atoms with Gasteiger partial charge in [-0.15, -0.1) is 10.2 Å². The number of aromatic nitrogens is 3. The van der Waals surface area contributed by atoms with Crippen molar-refractivity contribution in [1.82, 2.24) is 25.5 Å². The maximum Gasteiger partial charge on any atom is 0.321 e. The third-order valence-corrected chi connectivity index (χ3v) is 5.03. The van der Waals surface area contributed by atoms with Crippen LogP contribution < -0.4 is 16.5 Å². The molecule has 0 aliphatic rings. The Morgan fingerprint density at radius 1 is 1.14 bits per heavy atom. The van der Waals surface area contributed by atoms with Crippen LogP contribution in [0.15, 0.2) is 47.6 Å². The summed E-state index contributed by atoms with van der Waals surface area (Å²) in [7, 11) is 0. The Labute approximate surface area is 166 Å². The van der Waals surface area contributed by atoms with E-state index < -0.39 is 11.9 Å². The molecule has 0 unspecified atom stereocenters. The Kier molecular flexibility index (Phi) is 6.49. The van der Waals surface area contributed by atoms with Crippen LogP contribution in [-0.4, -0.2) is 39.1 Å².